The van der Waals surface area contributed by atoms with Crippen LogP contribution in [0, 0.1) is 13.8 Å². The molecule has 6 heteroatoms. The molecule has 3 N–H and O–H groups in total. The van der Waals surface area contributed by atoms with E-state index in [0.717, 1.165) is 18.5 Å². The Kier molecular flexibility index (Phi) is 7.51. The second-order valence-corrected chi connectivity index (χ2v) is 7.10. The molecule has 0 aromatic heterocycles. The maximum atomic E-state index is 6.20. The first-order valence-electron chi connectivity index (χ1n) is 9.02. The number of hydrogen-bond acceptors (Lipinski definition) is 3. The lowest BCUT2D eigenvalue weighted by molar-refractivity contribution is -0.174. The lowest BCUT2D eigenvalue weighted by Gasteiger charge is -2.26. The van der Waals surface area contributed by atoms with E-state index in [1.165, 1.54) is 36.8 Å². The predicted molar refractivity (Wildman–Crippen MR) is 113 cm³/mol. The minimum atomic E-state index is -0.355. The van der Waals surface area contributed by atoms with Crippen LogP contribution in [0.5, 0.6) is 0 Å². The molecule has 25 heavy (non-hydrogen) atoms. The zero-order chi connectivity index (χ0) is 17.0. The molecule has 1 aromatic carbocycles. The lowest BCUT2D eigenvalue weighted by atomic mass is 10.1. The van der Waals surface area contributed by atoms with Gasteiger partial charge >= 0.3 is 0 Å². The summed E-state index contributed by atoms with van der Waals surface area (Å²) < 4.78 is 12.2. The molecule has 1 heterocycles. The van der Waals surface area contributed by atoms with Crippen molar-refractivity contribution in [1.29, 1.82) is 0 Å². The molecule has 1 aliphatic heterocycles. The zero-order valence-corrected chi connectivity index (χ0v) is 17.5. The number of guanidine groups is 1. The highest BCUT2D eigenvalue weighted by molar-refractivity contribution is 14.0. The minimum Gasteiger partial charge on any atom is -0.370 e. The molecule has 1 spiro atoms. The topological polar surface area (TPSA) is 68.9 Å². The summed E-state index contributed by atoms with van der Waals surface area (Å²) in [4.78, 5) is 4.44. The van der Waals surface area contributed by atoms with Crippen LogP contribution in [0.2, 0.25) is 0 Å². The first kappa shape index (κ1) is 20.5. The molecule has 1 saturated heterocycles. The normalized spacial score (nSPS) is 23.1. The van der Waals surface area contributed by atoms with E-state index in [9.17, 15) is 0 Å². The van der Waals surface area contributed by atoms with Crippen molar-refractivity contribution in [2.75, 3.05) is 18.5 Å². The van der Waals surface area contributed by atoms with Crippen molar-refractivity contribution in [3.63, 3.8) is 0 Å². The lowest BCUT2D eigenvalue weighted by Crippen LogP contribution is -2.31. The smallest absolute Gasteiger partial charge is 0.193 e. The molecule has 1 saturated carbocycles. The summed E-state index contributed by atoms with van der Waals surface area (Å²) in [6.45, 7) is 5.29. The van der Waals surface area contributed by atoms with Crippen molar-refractivity contribution in [1.82, 2.24) is 0 Å². The van der Waals surface area contributed by atoms with Crippen LogP contribution in [0.15, 0.2) is 23.2 Å². The Hall–Kier alpha value is -0.860. The molecule has 3 rings (SSSR count). The van der Waals surface area contributed by atoms with Gasteiger partial charge in [0.1, 0.15) is 6.10 Å². The number of aliphatic imine (C=N–C) groups is 1. The van der Waals surface area contributed by atoms with Gasteiger partial charge in [0, 0.05) is 18.5 Å². The van der Waals surface area contributed by atoms with Gasteiger partial charge in [0.15, 0.2) is 11.7 Å². The highest BCUT2D eigenvalue weighted by atomic mass is 127. The van der Waals surface area contributed by atoms with Crippen LogP contribution in [-0.2, 0) is 9.47 Å². The number of anilines is 1. The Labute approximate surface area is 167 Å². The van der Waals surface area contributed by atoms with Crippen molar-refractivity contribution in [3.8, 4) is 0 Å². The van der Waals surface area contributed by atoms with E-state index in [-0.39, 0.29) is 35.9 Å². The van der Waals surface area contributed by atoms with E-state index in [1.54, 1.807) is 0 Å². The number of rotatable bonds is 3. The maximum absolute atomic E-state index is 6.20. The maximum Gasteiger partial charge on any atom is 0.193 e. The Balaban J connectivity index is 0.00000225. The number of aryl methyl sites for hydroxylation is 2. The van der Waals surface area contributed by atoms with Crippen LogP contribution in [0.25, 0.3) is 0 Å². The zero-order valence-electron chi connectivity index (χ0n) is 15.2. The molecule has 1 aromatic rings. The van der Waals surface area contributed by atoms with Crippen LogP contribution in [0.4, 0.5) is 5.69 Å². The van der Waals surface area contributed by atoms with Crippen LogP contribution in [-0.4, -0.2) is 31.0 Å². The van der Waals surface area contributed by atoms with Gasteiger partial charge in [-0.25, -0.2) is 0 Å². The third kappa shape index (κ3) is 5.82. The summed E-state index contributed by atoms with van der Waals surface area (Å²) in [7, 11) is 0. The highest BCUT2D eigenvalue weighted by Crippen LogP contribution is 2.36. The van der Waals surface area contributed by atoms with E-state index in [4.69, 9.17) is 15.2 Å². The predicted octanol–water partition coefficient (Wildman–Crippen LogP) is 4.11. The molecule has 1 unspecified atom stereocenters. The average molecular weight is 459 g/mol. The summed E-state index contributed by atoms with van der Waals surface area (Å²) >= 11 is 0. The number of nitrogens with two attached hydrogens (primary N) is 1. The Morgan fingerprint density at radius 2 is 1.80 bits per heavy atom. The Bertz CT molecular complexity index is 578. The van der Waals surface area contributed by atoms with Crippen LogP contribution in [0.3, 0.4) is 0 Å². The first-order chi connectivity index (χ1) is 11.5. The van der Waals surface area contributed by atoms with E-state index < -0.39 is 0 Å². The van der Waals surface area contributed by atoms with Crippen LogP contribution in [0.1, 0.15) is 49.7 Å². The third-order valence-corrected chi connectivity index (χ3v) is 4.74. The largest absolute Gasteiger partial charge is 0.370 e. The molecule has 1 aliphatic carbocycles. The molecular formula is C19H30IN3O2. The van der Waals surface area contributed by atoms with Gasteiger partial charge < -0.3 is 20.5 Å². The summed E-state index contributed by atoms with van der Waals surface area (Å²) in [5.41, 5.74) is 9.40. The van der Waals surface area contributed by atoms with Crippen molar-refractivity contribution >= 4 is 35.6 Å². The van der Waals surface area contributed by atoms with Gasteiger partial charge in [0.25, 0.3) is 0 Å². The van der Waals surface area contributed by atoms with Gasteiger partial charge in [-0.1, -0.05) is 18.9 Å². The fourth-order valence-corrected chi connectivity index (χ4v) is 3.67. The SMILES string of the molecule is Cc1cc(C)cc(NC(N)=NCC2COC3(CCCCCC3)O2)c1.I. The molecule has 0 bridgehead atoms. The van der Waals surface area contributed by atoms with Crippen molar-refractivity contribution in [2.45, 2.75) is 64.3 Å². The van der Waals surface area contributed by atoms with Crippen molar-refractivity contribution in [2.24, 2.45) is 10.7 Å². The number of halogens is 1. The van der Waals surface area contributed by atoms with Gasteiger partial charge in [-0.3, -0.25) is 4.99 Å². The highest BCUT2D eigenvalue weighted by Gasteiger charge is 2.41. The van der Waals surface area contributed by atoms with Gasteiger partial charge in [-0.15, -0.1) is 24.0 Å². The van der Waals surface area contributed by atoms with Crippen molar-refractivity contribution < 1.29 is 9.47 Å². The van der Waals surface area contributed by atoms with Crippen LogP contribution < -0.4 is 11.1 Å². The standard InChI is InChI=1S/C19H29N3O2.HI/c1-14-9-15(2)11-16(10-14)22-18(20)21-12-17-13-23-19(24-17)7-5-3-4-6-8-19;/h9-11,17H,3-8,12-13H2,1-2H3,(H3,20,21,22);1H. The Morgan fingerprint density at radius 3 is 2.44 bits per heavy atom. The van der Waals surface area contributed by atoms with Gasteiger partial charge in [0.2, 0.25) is 0 Å². The molecule has 5 nitrogen and oxygen atoms in total. The fraction of sp³-hybridized carbons (Fsp3) is 0.632. The number of nitrogens with one attached hydrogen (secondary N) is 1. The molecule has 140 valence electrons. The van der Waals surface area contributed by atoms with Gasteiger partial charge in [-0.05, 0) is 49.9 Å². The van der Waals surface area contributed by atoms with Gasteiger partial charge in [0.05, 0.1) is 13.2 Å². The van der Waals surface area contributed by atoms with Crippen molar-refractivity contribution in [3.05, 3.63) is 29.3 Å². The molecule has 0 amide bonds. The van der Waals surface area contributed by atoms with E-state index in [2.05, 4.69) is 42.4 Å². The van der Waals surface area contributed by atoms with E-state index in [0.29, 0.717) is 19.1 Å². The molecule has 2 fully saturated rings. The minimum absolute atomic E-state index is 0. The molecule has 2 aliphatic rings. The Morgan fingerprint density at radius 1 is 1.16 bits per heavy atom. The monoisotopic (exact) mass is 459 g/mol. The van der Waals surface area contributed by atoms with Gasteiger partial charge in [-0.2, -0.15) is 0 Å². The summed E-state index contributed by atoms with van der Waals surface area (Å²) in [5, 5.41) is 3.16. The summed E-state index contributed by atoms with van der Waals surface area (Å²) in [6, 6.07) is 6.25. The second kappa shape index (κ2) is 9.19. The molecular weight excluding hydrogens is 429 g/mol. The first-order valence-corrected chi connectivity index (χ1v) is 9.02. The number of nitrogens with zero attached hydrogens (tertiary/aromatic N) is 1. The summed E-state index contributed by atoms with van der Waals surface area (Å²) in [5.74, 6) is 0.0671. The molecule has 1 atom stereocenters. The van der Waals surface area contributed by atoms with E-state index >= 15 is 0 Å². The second-order valence-electron chi connectivity index (χ2n) is 7.10. The average Bonchev–Trinajstić information content (AvgIpc) is 2.76. The number of benzene rings is 1. The number of ether oxygens (including phenoxy) is 2. The third-order valence-electron chi connectivity index (χ3n) is 4.74. The molecule has 0 radical (unpaired) electrons. The van der Waals surface area contributed by atoms with E-state index in [1.807, 2.05) is 0 Å². The number of hydrogen-bond donors (Lipinski definition) is 2. The quantitative estimate of drug-likeness (QED) is 0.406. The summed E-state index contributed by atoms with van der Waals surface area (Å²) in [6.07, 6.45) is 6.95. The fourth-order valence-electron chi connectivity index (χ4n) is 3.67. The van der Waals surface area contributed by atoms with Crippen LogP contribution >= 0.6 is 24.0 Å².